The van der Waals surface area contributed by atoms with Crippen molar-refractivity contribution in [1.29, 1.82) is 0 Å². The molecule has 0 radical (unpaired) electrons. The lowest BCUT2D eigenvalue weighted by molar-refractivity contribution is 0.860. The molecule has 4 nitrogen and oxygen atoms in total. The van der Waals surface area contributed by atoms with Crippen molar-refractivity contribution in [1.82, 2.24) is 9.97 Å². The standard InChI is InChI=1S/C13H15BrN4/c1-9-4-3-5-11(17-9)8-18(2)13-12(15)6-10(14)7-16-13/h3-7H,8,15H2,1-2H3. The summed E-state index contributed by atoms with van der Waals surface area (Å²) in [5.41, 5.74) is 8.62. The molecule has 0 spiro atoms. The van der Waals surface area contributed by atoms with Gasteiger partial charge in [-0.2, -0.15) is 0 Å². The third-order valence-electron chi connectivity index (χ3n) is 2.57. The number of aromatic nitrogens is 2. The van der Waals surface area contributed by atoms with E-state index in [1.54, 1.807) is 6.20 Å². The molecule has 5 heteroatoms. The first-order valence-corrected chi connectivity index (χ1v) is 6.40. The van der Waals surface area contributed by atoms with Crippen LogP contribution >= 0.6 is 15.9 Å². The van der Waals surface area contributed by atoms with Crippen LogP contribution in [0.15, 0.2) is 34.9 Å². The highest BCUT2D eigenvalue weighted by Gasteiger charge is 2.08. The lowest BCUT2D eigenvalue weighted by atomic mass is 10.3. The summed E-state index contributed by atoms with van der Waals surface area (Å²) in [4.78, 5) is 10.8. The van der Waals surface area contributed by atoms with Gasteiger partial charge in [-0.1, -0.05) is 6.07 Å². The van der Waals surface area contributed by atoms with Gasteiger partial charge in [-0.25, -0.2) is 4.98 Å². The van der Waals surface area contributed by atoms with E-state index >= 15 is 0 Å². The average Bonchev–Trinajstić information content (AvgIpc) is 2.28. The van der Waals surface area contributed by atoms with E-state index in [4.69, 9.17) is 5.73 Å². The molecule has 0 aliphatic rings. The molecule has 2 N–H and O–H groups in total. The Labute approximate surface area is 115 Å². The first-order valence-electron chi connectivity index (χ1n) is 5.61. The van der Waals surface area contributed by atoms with Crippen LogP contribution in [0.5, 0.6) is 0 Å². The van der Waals surface area contributed by atoms with Gasteiger partial charge in [0.25, 0.3) is 0 Å². The SMILES string of the molecule is Cc1cccc(CN(C)c2ncc(Br)cc2N)n1. The molecule has 0 aliphatic heterocycles. The summed E-state index contributed by atoms with van der Waals surface area (Å²) in [6.45, 7) is 2.66. The van der Waals surface area contributed by atoms with Crippen LogP contribution in [0.1, 0.15) is 11.4 Å². The van der Waals surface area contributed by atoms with Crippen LogP contribution in [0.4, 0.5) is 11.5 Å². The number of aryl methyl sites for hydroxylation is 1. The zero-order valence-corrected chi connectivity index (χ0v) is 12.0. The number of rotatable bonds is 3. The van der Waals surface area contributed by atoms with E-state index in [0.717, 1.165) is 21.7 Å². The molecular weight excluding hydrogens is 292 g/mol. The molecule has 0 unspecified atom stereocenters. The summed E-state index contributed by atoms with van der Waals surface area (Å²) in [6, 6.07) is 7.83. The predicted octanol–water partition coefficient (Wildman–Crippen LogP) is 2.77. The van der Waals surface area contributed by atoms with E-state index in [1.807, 2.05) is 43.1 Å². The van der Waals surface area contributed by atoms with E-state index in [0.29, 0.717) is 12.2 Å². The molecule has 0 aliphatic carbocycles. The molecule has 2 rings (SSSR count). The Balaban J connectivity index is 2.19. The van der Waals surface area contributed by atoms with Crippen molar-refractivity contribution in [3.05, 3.63) is 46.3 Å². The monoisotopic (exact) mass is 306 g/mol. The fraction of sp³-hybridized carbons (Fsp3) is 0.231. The number of hydrogen-bond acceptors (Lipinski definition) is 4. The van der Waals surface area contributed by atoms with Gasteiger partial charge in [0, 0.05) is 23.4 Å². The van der Waals surface area contributed by atoms with Gasteiger partial charge in [-0.15, -0.1) is 0 Å². The van der Waals surface area contributed by atoms with E-state index in [9.17, 15) is 0 Å². The molecule has 0 saturated heterocycles. The maximum atomic E-state index is 5.95. The van der Waals surface area contributed by atoms with Gasteiger partial charge >= 0.3 is 0 Å². The Morgan fingerprint density at radius 3 is 2.83 bits per heavy atom. The van der Waals surface area contributed by atoms with Gasteiger partial charge in [-0.3, -0.25) is 4.98 Å². The first-order chi connectivity index (χ1) is 8.56. The number of pyridine rings is 2. The largest absolute Gasteiger partial charge is 0.396 e. The number of hydrogen-bond donors (Lipinski definition) is 1. The van der Waals surface area contributed by atoms with Crippen LogP contribution in [-0.4, -0.2) is 17.0 Å². The van der Waals surface area contributed by atoms with E-state index in [-0.39, 0.29) is 0 Å². The normalized spacial score (nSPS) is 10.4. The number of nitrogens with two attached hydrogens (primary N) is 1. The molecule has 18 heavy (non-hydrogen) atoms. The van der Waals surface area contributed by atoms with Crippen molar-refractivity contribution in [2.45, 2.75) is 13.5 Å². The van der Waals surface area contributed by atoms with Crippen LogP contribution in [0.3, 0.4) is 0 Å². The summed E-state index contributed by atoms with van der Waals surface area (Å²) in [5.74, 6) is 0.765. The lowest BCUT2D eigenvalue weighted by Crippen LogP contribution is -2.20. The molecule has 0 saturated carbocycles. The molecule has 2 aromatic rings. The number of anilines is 2. The van der Waals surface area contributed by atoms with Gasteiger partial charge in [0.15, 0.2) is 5.82 Å². The van der Waals surface area contributed by atoms with Crippen LogP contribution in [0, 0.1) is 6.92 Å². The van der Waals surface area contributed by atoms with Crippen molar-refractivity contribution >= 4 is 27.4 Å². The Kier molecular flexibility index (Phi) is 3.81. The zero-order chi connectivity index (χ0) is 13.1. The highest BCUT2D eigenvalue weighted by atomic mass is 79.9. The van der Waals surface area contributed by atoms with Crippen molar-refractivity contribution in [3.63, 3.8) is 0 Å². The second-order valence-corrected chi connectivity index (χ2v) is 5.11. The van der Waals surface area contributed by atoms with E-state index in [1.165, 1.54) is 0 Å². The second-order valence-electron chi connectivity index (χ2n) is 4.19. The quantitative estimate of drug-likeness (QED) is 0.947. The summed E-state index contributed by atoms with van der Waals surface area (Å²) in [5, 5.41) is 0. The van der Waals surface area contributed by atoms with Gasteiger partial charge in [0.1, 0.15) is 0 Å². The van der Waals surface area contributed by atoms with Gasteiger partial charge in [0.2, 0.25) is 0 Å². The highest BCUT2D eigenvalue weighted by Crippen LogP contribution is 2.23. The molecule has 0 atom stereocenters. The number of halogens is 1. The van der Waals surface area contributed by atoms with Crippen molar-refractivity contribution < 1.29 is 0 Å². The Morgan fingerprint density at radius 2 is 2.17 bits per heavy atom. The minimum Gasteiger partial charge on any atom is -0.396 e. The Hall–Kier alpha value is -1.62. The topological polar surface area (TPSA) is 55.0 Å². The summed E-state index contributed by atoms with van der Waals surface area (Å²) in [6.07, 6.45) is 1.74. The van der Waals surface area contributed by atoms with Crippen molar-refractivity contribution in [3.8, 4) is 0 Å². The van der Waals surface area contributed by atoms with Gasteiger partial charge in [-0.05, 0) is 41.1 Å². The summed E-state index contributed by atoms with van der Waals surface area (Å²) >= 11 is 3.35. The molecular formula is C13H15BrN4. The molecule has 0 fully saturated rings. The maximum absolute atomic E-state index is 5.95. The van der Waals surface area contributed by atoms with Gasteiger partial charge < -0.3 is 10.6 Å². The maximum Gasteiger partial charge on any atom is 0.151 e. The Bertz CT molecular complexity index is 556. The molecule has 0 amide bonds. The summed E-state index contributed by atoms with van der Waals surface area (Å²) in [7, 11) is 1.95. The highest BCUT2D eigenvalue weighted by molar-refractivity contribution is 9.10. The fourth-order valence-electron chi connectivity index (χ4n) is 1.77. The third-order valence-corrected chi connectivity index (χ3v) is 3.00. The van der Waals surface area contributed by atoms with Crippen molar-refractivity contribution in [2.24, 2.45) is 0 Å². The molecule has 0 aromatic carbocycles. The summed E-state index contributed by atoms with van der Waals surface area (Å²) < 4.78 is 0.880. The minimum absolute atomic E-state index is 0.652. The molecule has 0 bridgehead atoms. The molecule has 2 heterocycles. The number of nitrogens with zero attached hydrogens (tertiary/aromatic N) is 3. The fourth-order valence-corrected chi connectivity index (χ4v) is 2.12. The van der Waals surface area contributed by atoms with Crippen LogP contribution in [0.2, 0.25) is 0 Å². The minimum atomic E-state index is 0.652. The first kappa shape index (κ1) is 12.8. The average molecular weight is 307 g/mol. The second kappa shape index (κ2) is 5.35. The Morgan fingerprint density at radius 1 is 1.39 bits per heavy atom. The van der Waals surface area contributed by atoms with E-state index < -0.39 is 0 Å². The zero-order valence-electron chi connectivity index (χ0n) is 10.4. The van der Waals surface area contributed by atoms with Crippen LogP contribution < -0.4 is 10.6 Å². The third kappa shape index (κ3) is 2.98. The predicted molar refractivity (Wildman–Crippen MR) is 77.4 cm³/mol. The molecule has 2 aromatic heterocycles. The molecule has 94 valence electrons. The van der Waals surface area contributed by atoms with Crippen molar-refractivity contribution in [2.75, 3.05) is 17.7 Å². The van der Waals surface area contributed by atoms with Crippen LogP contribution in [0.25, 0.3) is 0 Å². The smallest absolute Gasteiger partial charge is 0.151 e. The lowest BCUT2D eigenvalue weighted by Gasteiger charge is -2.19. The van der Waals surface area contributed by atoms with Crippen LogP contribution in [-0.2, 0) is 6.54 Å². The van der Waals surface area contributed by atoms with Gasteiger partial charge in [0.05, 0.1) is 17.9 Å². The van der Waals surface area contributed by atoms with E-state index in [2.05, 4.69) is 25.9 Å². The number of nitrogen functional groups attached to an aromatic ring is 1.